The highest BCUT2D eigenvalue weighted by atomic mass is 16.5. The Kier molecular flexibility index (Phi) is 9.32. The van der Waals surface area contributed by atoms with Crippen LogP contribution < -0.4 is 5.32 Å². The Balaban J connectivity index is 1.29. The van der Waals surface area contributed by atoms with E-state index in [0.717, 1.165) is 52.4 Å². The van der Waals surface area contributed by atoms with E-state index in [9.17, 15) is 9.59 Å². The molecule has 0 spiro atoms. The minimum atomic E-state index is 0.0349. The molecule has 0 aromatic rings. The second-order valence-corrected chi connectivity index (χ2v) is 9.00. The van der Waals surface area contributed by atoms with Gasteiger partial charge in [-0.2, -0.15) is 0 Å². The van der Waals surface area contributed by atoms with Crippen LogP contribution in [0.4, 0.5) is 0 Å². The summed E-state index contributed by atoms with van der Waals surface area (Å²) in [5.74, 6) is 0.854. The van der Waals surface area contributed by atoms with Crippen molar-refractivity contribution in [2.24, 2.45) is 5.92 Å². The first kappa shape index (κ1) is 23.4. The summed E-state index contributed by atoms with van der Waals surface area (Å²) in [7, 11) is 0. The van der Waals surface area contributed by atoms with Crippen molar-refractivity contribution in [3.8, 4) is 0 Å². The summed E-state index contributed by atoms with van der Waals surface area (Å²) < 4.78 is 11.1. The van der Waals surface area contributed by atoms with E-state index in [-0.39, 0.29) is 17.9 Å². The second kappa shape index (κ2) is 12.0. The van der Waals surface area contributed by atoms with Crippen LogP contribution in [-0.2, 0) is 19.1 Å². The largest absolute Gasteiger partial charge is 0.379 e. The van der Waals surface area contributed by atoms with Crippen molar-refractivity contribution in [2.75, 3.05) is 98.4 Å². The molecule has 30 heavy (non-hydrogen) atoms. The minimum absolute atomic E-state index is 0.0349. The summed E-state index contributed by atoms with van der Waals surface area (Å²) in [6, 6.07) is 0. The highest BCUT2D eigenvalue weighted by Gasteiger charge is 2.25. The van der Waals surface area contributed by atoms with Crippen LogP contribution in [-0.4, -0.2) is 136 Å². The number of ether oxygens (including phenoxy) is 2. The molecule has 2 amide bonds. The highest BCUT2D eigenvalue weighted by molar-refractivity contribution is 5.79. The third kappa shape index (κ3) is 7.77. The molecule has 0 aromatic heterocycles. The quantitative estimate of drug-likeness (QED) is 0.531. The van der Waals surface area contributed by atoms with Gasteiger partial charge in [0.15, 0.2) is 0 Å². The van der Waals surface area contributed by atoms with E-state index >= 15 is 0 Å². The lowest BCUT2D eigenvalue weighted by Crippen LogP contribution is -2.54. The predicted molar refractivity (Wildman–Crippen MR) is 114 cm³/mol. The Hall–Kier alpha value is -1.26. The van der Waals surface area contributed by atoms with Crippen LogP contribution >= 0.6 is 0 Å². The van der Waals surface area contributed by atoms with Gasteiger partial charge in [0.05, 0.1) is 39.0 Å². The number of hydrogen-bond acceptors (Lipinski definition) is 7. The van der Waals surface area contributed by atoms with Gasteiger partial charge in [0.1, 0.15) is 0 Å². The maximum atomic E-state index is 12.5. The first-order valence-corrected chi connectivity index (χ1v) is 11.4. The molecule has 3 fully saturated rings. The van der Waals surface area contributed by atoms with Crippen LogP contribution in [0.3, 0.4) is 0 Å². The molecule has 9 heteroatoms. The number of amides is 2. The molecule has 3 saturated heterocycles. The molecule has 0 bridgehead atoms. The lowest BCUT2D eigenvalue weighted by atomic mass is 10.2. The standard InChI is InChI=1S/C21H39N5O4/c1-18(2)14-25-9-12-30-19(15-25)13-22-20(27)16-23-3-5-26(6-4-23)21(28)17-24-7-10-29-11-8-24/h18-19H,3-17H2,1-2H3,(H,22,27). The first-order valence-electron chi connectivity index (χ1n) is 11.4. The molecule has 0 aliphatic carbocycles. The van der Waals surface area contributed by atoms with Crippen LogP contribution in [0.1, 0.15) is 13.8 Å². The van der Waals surface area contributed by atoms with Crippen molar-refractivity contribution in [1.29, 1.82) is 0 Å². The lowest BCUT2D eigenvalue weighted by molar-refractivity contribution is -0.135. The van der Waals surface area contributed by atoms with Crippen LogP contribution in [0.25, 0.3) is 0 Å². The number of nitrogens with zero attached hydrogens (tertiary/aromatic N) is 4. The van der Waals surface area contributed by atoms with E-state index in [0.29, 0.717) is 51.9 Å². The van der Waals surface area contributed by atoms with E-state index in [1.165, 1.54) is 0 Å². The van der Waals surface area contributed by atoms with E-state index < -0.39 is 0 Å². The number of piperazine rings is 1. The number of nitrogens with one attached hydrogen (secondary N) is 1. The van der Waals surface area contributed by atoms with Crippen molar-refractivity contribution < 1.29 is 19.1 Å². The Morgan fingerprint density at radius 1 is 0.900 bits per heavy atom. The van der Waals surface area contributed by atoms with Gasteiger partial charge in [0, 0.05) is 65.4 Å². The summed E-state index contributed by atoms with van der Waals surface area (Å²) in [6.07, 6.45) is 0.0658. The lowest BCUT2D eigenvalue weighted by Gasteiger charge is -2.36. The van der Waals surface area contributed by atoms with Gasteiger partial charge in [-0.05, 0) is 5.92 Å². The molecular formula is C21H39N5O4. The molecule has 0 saturated carbocycles. The van der Waals surface area contributed by atoms with Gasteiger partial charge in [0.25, 0.3) is 0 Å². The fraction of sp³-hybridized carbons (Fsp3) is 0.905. The van der Waals surface area contributed by atoms with Crippen molar-refractivity contribution in [2.45, 2.75) is 20.0 Å². The third-order valence-electron chi connectivity index (χ3n) is 5.93. The molecule has 1 N–H and O–H groups in total. The fourth-order valence-electron chi connectivity index (χ4n) is 4.28. The molecule has 0 radical (unpaired) electrons. The van der Waals surface area contributed by atoms with Crippen LogP contribution in [0, 0.1) is 5.92 Å². The van der Waals surface area contributed by atoms with Gasteiger partial charge in [0.2, 0.25) is 11.8 Å². The summed E-state index contributed by atoms with van der Waals surface area (Å²) in [5, 5.41) is 3.03. The summed E-state index contributed by atoms with van der Waals surface area (Å²) in [5.41, 5.74) is 0. The van der Waals surface area contributed by atoms with Crippen molar-refractivity contribution in [3.63, 3.8) is 0 Å². The van der Waals surface area contributed by atoms with Crippen LogP contribution in [0.5, 0.6) is 0 Å². The molecule has 0 aromatic carbocycles. The molecule has 172 valence electrons. The zero-order valence-corrected chi connectivity index (χ0v) is 18.7. The van der Waals surface area contributed by atoms with E-state index in [1.54, 1.807) is 0 Å². The first-order chi connectivity index (χ1) is 14.5. The maximum Gasteiger partial charge on any atom is 0.236 e. The zero-order valence-electron chi connectivity index (χ0n) is 18.7. The normalized spacial score (nSPS) is 24.9. The monoisotopic (exact) mass is 425 g/mol. The number of rotatable bonds is 8. The number of carbonyl (C=O) groups is 2. The smallest absolute Gasteiger partial charge is 0.236 e. The Morgan fingerprint density at radius 2 is 1.57 bits per heavy atom. The Bertz CT molecular complexity index is 548. The average molecular weight is 426 g/mol. The van der Waals surface area contributed by atoms with Gasteiger partial charge in [-0.3, -0.25) is 24.3 Å². The summed E-state index contributed by atoms with van der Waals surface area (Å²) >= 11 is 0. The van der Waals surface area contributed by atoms with Crippen LogP contribution in [0.15, 0.2) is 0 Å². The van der Waals surface area contributed by atoms with Crippen molar-refractivity contribution >= 4 is 11.8 Å². The zero-order chi connectivity index (χ0) is 21.3. The Labute approximate surface area is 180 Å². The second-order valence-electron chi connectivity index (χ2n) is 9.00. The minimum Gasteiger partial charge on any atom is -0.379 e. The van der Waals surface area contributed by atoms with E-state index in [4.69, 9.17) is 9.47 Å². The molecule has 1 unspecified atom stereocenters. The summed E-state index contributed by atoms with van der Waals surface area (Å²) in [4.78, 5) is 33.5. The molecule has 1 atom stereocenters. The van der Waals surface area contributed by atoms with Gasteiger partial charge in [-0.25, -0.2) is 0 Å². The molecule has 9 nitrogen and oxygen atoms in total. The van der Waals surface area contributed by atoms with Crippen molar-refractivity contribution in [1.82, 2.24) is 24.9 Å². The fourth-order valence-corrected chi connectivity index (χ4v) is 4.28. The average Bonchev–Trinajstić information content (AvgIpc) is 2.73. The molecule has 3 aliphatic heterocycles. The van der Waals surface area contributed by atoms with Crippen LogP contribution in [0.2, 0.25) is 0 Å². The van der Waals surface area contributed by atoms with Gasteiger partial charge in [-0.1, -0.05) is 13.8 Å². The summed E-state index contributed by atoms with van der Waals surface area (Å²) in [6.45, 7) is 15.4. The van der Waals surface area contributed by atoms with Gasteiger partial charge < -0.3 is 19.7 Å². The number of carbonyl (C=O) groups excluding carboxylic acids is 2. The van der Waals surface area contributed by atoms with Gasteiger partial charge >= 0.3 is 0 Å². The van der Waals surface area contributed by atoms with E-state index in [1.807, 2.05) is 4.90 Å². The number of morpholine rings is 2. The third-order valence-corrected chi connectivity index (χ3v) is 5.93. The molecule has 3 rings (SSSR count). The molecule has 3 heterocycles. The maximum absolute atomic E-state index is 12.5. The molecular weight excluding hydrogens is 386 g/mol. The van der Waals surface area contributed by atoms with Crippen molar-refractivity contribution in [3.05, 3.63) is 0 Å². The molecule has 3 aliphatic rings. The van der Waals surface area contributed by atoms with E-state index in [2.05, 4.69) is 33.9 Å². The predicted octanol–water partition coefficient (Wildman–Crippen LogP) is -1.06. The van der Waals surface area contributed by atoms with Gasteiger partial charge in [-0.15, -0.1) is 0 Å². The highest BCUT2D eigenvalue weighted by Crippen LogP contribution is 2.08. The SMILES string of the molecule is CC(C)CN1CCOC(CNC(=O)CN2CCN(C(=O)CN3CCOCC3)CC2)C1. The Morgan fingerprint density at radius 3 is 2.27 bits per heavy atom. The number of hydrogen-bond donors (Lipinski definition) is 1. The topological polar surface area (TPSA) is 77.6 Å².